The van der Waals surface area contributed by atoms with Crippen LogP contribution in [-0.4, -0.2) is 38.1 Å². The molecule has 158 valence electrons. The van der Waals surface area contributed by atoms with Gasteiger partial charge in [-0.1, -0.05) is 18.6 Å². The fourth-order valence-electron chi connectivity index (χ4n) is 2.89. The summed E-state index contributed by atoms with van der Waals surface area (Å²) in [6.07, 6.45) is 4.28. The quantitative estimate of drug-likeness (QED) is 0.210. The number of carbonyl (C=O) groups excluding carboxylic acids is 1. The van der Waals surface area contributed by atoms with Gasteiger partial charge in [0, 0.05) is 38.2 Å². The number of halogens is 1. The highest BCUT2D eigenvalue weighted by Gasteiger charge is 2.24. The van der Waals surface area contributed by atoms with E-state index in [0.29, 0.717) is 13.1 Å². The predicted molar refractivity (Wildman–Crippen MR) is 126 cm³/mol. The molecule has 0 unspecified atom stereocenters. The highest BCUT2D eigenvalue weighted by molar-refractivity contribution is 14.0. The van der Waals surface area contributed by atoms with Crippen molar-refractivity contribution < 1.29 is 9.53 Å². The van der Waals surface area contributed by atoms with Crippen molar-refractivity contribution in [2.24, 2.45) is 10.9 Å². The van der Waals surface area contributed by atoms with Crippen molar-refractivity contribution in [2.75, 3.05) is 20.1 Å². The maximum Gasteiger partial charge on any atom is 0.223 e. The maximum absolute atomic E-state index is 11.8. The fourth-order valence-corrected chi connectivity index (χ4v) is 2.89. The summed E-state index contributed by atoms with van der Waals surface area (Å²) in [6, 6.07) is 6.24. The molecule has 0 radical (unpaired) electrons. The van der Waals surface area contributed by atoms with Crippen molar-refractivity contribution in [3.63, 3.8) is 0 Å². The van der Waals surface area contributed by atoms with Gasteiger partial charge in [-0.25, -0.2) is 0 Å². The molecule has 1 saturated carbocycles. The van der Waals surface area contributed by atoms with Crippen LogP contribution in [-0.2, 0) is 11.3 Å². The van der Waals surface area contributed by atoms with Crippen LogP contribution in [0.3, 0.4) is 0 Å². The average molecular weight is 502 g/mol. The number of ether oxygens (including phenoxy) is 1. The Balaban J connectivity index is 0.00000392. The second kappa shape index (κ2) is 12.9. The van der Waals surface area contributed by atoms with Gasteiger partial charge < -0.3 is 20.7 Å². The molecule has 1 aromatic rings. The largest absolute Gasteiger partial charge is 0.491 e. The van der Waals surface area contributed by atoms with Gasteiger partial charge in [0.05, 0.1) is 6.10 Å². The number of nitrogens with one attached hydrogen (secondary N) is 3. The molecule has 1 aliphatic rings. The molecule has 1 amide bonds. The zero-order valence-electron chi connectivity index (χ0n) is 17.5. The predicted octanol–water partition coefficient (Wildman–Crippen LogP) is 3.37. The minimum atomic E-state index is 0. The second-order valence-corrected chi connectivity index (χ2v) is 7.40. The zero-order valence-corrected chi connectivity index (χ0v) is 19.8. The lowest BCUT2D eigenvalue weighted by Crippen LogP contribution is -2.39. The summed E-state index contributed by atoms with van der Waals surface area (Å²) in [5, 5.41) is 9.62. The molecule has 3 N–H and O–H groups in total. The standard InChI is InChI=1S/C21H34N4O2.HI/c1-15(2)27-19-13-16(3)9-10-18(19)14-25-21(22-4)24-12-6-11-23-20(26)17-7-5-8-17;/h9-10,13,15,17H,5-8,11-12,14H2,1-4H3,(H,23,26)(H2,22,24,25);1H. The topological polar surface area (TPSA) is 74.8 Å². The third-order valence-electron chi connectivity index (χ3n) is 4.68. The van der Waals surface area contributed by atoms with Gasteiger partial charge in [-0.2, -0.15) is 0 Å². The van der Waals surface area contributed by atoms with Gasteiger partial charge >= 0.3 is 0 Å². The van der Waals surface area contributed by atoms with Gasteiger partial charge in [-0.3, -0.25) is 9.79 Å². The van der Waals surface area contributed by atoms with Gasteiger partial charge in [-0.15, -0.1) is 24.0 Å². The van der Waals surface area contributed by atoms with Crippen molar-refractivity contribution in [1.82, 2.24) is 16.0 Å². The Morgan fingerprint density at radius 3 is 2.54 bits per heavy atom. The molecule has 0 atom stereocenters. The van der Waals surface area contributed by atoms with Gasteiger partial charge in [0.2, 0.25) is 5.91 Å². The third-order valence-corrected chi connectivity index (χ3v) is 4.68. The molecule has 1 aromatic carbocycles. The van der Waals surface area contributed by atoms with E-state index in [2.05, 4.69) is 46.1 Å². The van der Waals surface area contributed by atoms with Crippen LogP contribution in [0.15, 0.2) is 23.2 Å². The van der Waals surface area contributed by atoms with E-state index in [-0.39, 0.29) is 41.9 Å². The average Bonchev–Trinajstić information content (AvgIpc) is 2.56. The van der Waals surface area contributed by atoms with E-state index < -0.39 is 0 Å². The molecule has 2 rings (SSSR count). The number of aliphatic imine (C=N–C) groups is 1. The molecule has 6 nitrogen and oxygen atoms in total. The van der Waals surface area contributed by atoms with E-state index in [9.17, 15) is 4.79 Å². The number of rotatable bonds is 9. The Kier molecular flexibility index (Phi) is 11.3. The van der Waals surface area contributed by atoms with Crippen molar-refractivity contribution in [3.8, 4) is 5.75 Å². The first-order valence-corrected chi connectivity index (χ1v) is 9.98. The Morgan fingerprint density at radius 2 is 1.93 bits per heavy atom. The first-order chi connectivity index (χ1) is 13.0. The minimum Gasteiger partial charge on any atom is -0.491 e. The van der Waals surface area contributed by atoms with E-state index in [1.807, 2.05) is 13.8 Å². The molecule has 0 aromatic heterocycles. The number of hydrogen-bond acceptors (Lipinski definition) is 3. The smallest absolute Gasteiger partial charge is 0.223 e. The summed E-state index contributed by atoms with van der Waals surface area (Å²) in [5.41, 5.74) is 2.28. The lowest BCUT2D eigenvalue weighted by molar-refractivity contribution is -0.127. The van der Waals surface area contributed by atoms with Crippen LogP contribution in [0.1, 0.15) is 50.7 Å². The SMILES string of the molecule is CN=C(NCCCNC(=O)C1CCC1)NCc1ccc(C)cc1OC(C)C.I. The Bertz CT molecular complexity index is 645. The van der Waals surface area contributed by atoms with Gasteiger partial charge in [-0.05, 0) is 51.7 Å². The highest BCUT2D eigenvalue weighted by Crippen LogP contribution is 2.26. The van der Waals surface area contributed by atoms with Crippen molar-refractivity contribution >= 4 is 35.8 Å². The number of nitrogens with zero attached hydrogens (tertiary/aromatic N) is 1. The van der Waals surface area contributed by atoms with Crippen molar-refractivity contribution in [3.05, 3.63) is 29.3 Å². The molecule has 0 heterocycles. The molecule has 1 aliphatic carbocycles. The molecule has 0 aliphatic heterocycles. The van der Waals surface area contributed by atoms with Crippen LogP contribution in [0.4, 0.5) is 0 Å². The summed E-state index contributed by atoms with van der Waals surface area (Å²) in [7, 11) is 1.76. The van der Waals surface area contributed by atoms with Crippen molar-refractivity contribution in [1.29, 1.82) is 0 Å². The van der Waals surface area contributed by atoms with Crippen LogP contribution in [0, 0.1) is 12.8 Å². The van der Waals surface area contributed by atoms with Crippen molar-refractivity contribution in [2.45, 2.75) is 59.1 Å². The number of hydrogen-bond donors (Lipinski definition) is 3. The Morgan fingerprint density at radius 1 is 1.21 bits per heavy atom. The summed E-state index contributed by atoms with van der Waals surface area (Å²) in [4.78, 5) is 16.1. The van der Waals surface area contributed by atoms with Crippen LogP contribution >= 0.6 is 24.0 Å². The van der Waals surface area contributed by atoms with E-state index in [4.69, 9.17) is 4.74 Å². The molecule has 0 saturated heterocycles. The molecule has 0 bridgehead atoms. The maximum atomic E-state index is 11.8. The molecule has 0 spiro atoms. The van der Waals surface area contributed by atoms with E-state index in [0.717, 1.165) is 43.1 Å². The Labute approximate surface area is 186 Å². The van der Waals surface area contributed by atoms with Crippen LogP contribution in [0.2, 0.25) is 0 Å². The normalized spacial score (nSPS) is 14.1. The van der Waals surface area contributed by atoms with Gasteiger partial charge in [0.1, 0.15) is 5.75 Å². The Hall–Kier alpha value is -1.51. The number of aryl methyl sites for hydroxylation is 1. The van der Waals surface area contributed by atoms with E-state index >= 15 is 0 Å². The first kappa shape index (κ1) is 24.5. The van der Waals surface area contributed by atoms with Crippen LogP contribution in [0.25, 0.3) is 0 Å². The summed E-state index contributed by atoms with van der Waals surface area (Å²) >= 11 is 0. The van der Waals surface area contributed by atoms with Crippen LogP contribution in [0.5, 0.6) is 5.75 Å². The summed E-state index contributed by atoms with van der Waals surface area (Å²) < 4.78 is 5.92. The molecule has 28 heavy (non-hydrogen) atoms. The van der Waals surface area contributed by atoms with E-state index in [1.165, 1.54) is 12.0 Å². The number of carbonyl (C=O) groups is 1. The first-order valence-electron chi connectivity index (χ1n) is 9.98. The van der Waals surface area contributed by atoms with Gasteiger partial charge in [0.15, 0.2) is 5.96 Å². The van der Waals surface area contributed by atoms with Crippen LogP contribution < -0.4 is 20.7 Å². The summed E-state index contributed by atoms with van der Waals surface area (Å²) in [5.74, 6) is 2.12. The molecular weight excluding hydrogens is 467 g/mol. The van der Waals surface area contributed by atoms with E-state index in [1.54, 1.807) is 7.05 Å². The molecule has 7 heteroatoms. The van der Waals surface area contributed by atoms with Gasteiger partial charge in [0.25, 0.3) is 0 Å². The minimum absolute atomic E-state index is 0. The lowest BCUT2D eigenvalue weighted by Gasteiger charge is -2.24. The number of amides is 1. The molecule has 1 fully saturated rings. The highest BCUT2D eigenvalue weighted by atomic mass is 127. The number of guanidine groups is 1. The molecular formula is C21H35IN4O2. The monoisotopic (exact) mass is 502 g/mol. The lowest BCUT2D eigenvalue weighted by atomic mass is 9.85. The zero-order chi connectivity index (χ0) is 19.6. The second-order valence-electron chi connectivity index (χ2n) is 7.40. The summed E-state index contributed by atoms with van der Waals surface area (Å²) in [6.45, 7) is 8.22. The number of benzene rings is 1. The fraction of sp³-hybridized carbons (Fsp3) is 0.619. The third kappa shape index (κ3) is 8.24.